The van der Waals surface area contributed by atoms with Gasteiger partial charge in [0, 0.05) is 13.1 Å². The zero-order chi connectivity index (χ0) is 18.7. The number of aromatic nitrogens is 2. The molecule has 0 spiro atoms. The van der Waals surface area contributed by atoms with Gasteiger partial charge in [-0.3, -0.25) is 9.69 Å². The summed E-state index contributed by atoms with van der Waals surface area (Å²) in [7, 11) is 0. The van der Waals surface area contributed by atoms with Crippen molar-refractivity contribution < 1.29 is 14.7 Å². The van der Waals surface area contributed by atoms with Crippen molar-refractivity contribution in [3.05, 3.63) is 30.6 Å². The van der Waals surface area contributed by atoms with Crippen LogP contribution in [0.5, 0.6) is 0 Å². The number of carbonyl (C=O) groups is 2. The number of nitrogens with zero attached hydrogens (tertiary/aromatic N) is 4. The number of likely N-dealkylation sites (tertiary alicyclic amines) is 1. The van der Waals surface area contributed by atoms with Crippen LogP contribution in [0, 0.1) is 0 Å². The molecule has 7 heteroatoms. The van der Waals surface area contributed by atoms with E-state index in [1.54, 1.807) is 15.8 Å². The van der Waals surface area contributed by atoms with E-state index in [1.165, 1.54) is 0 Å². The molecule has 2 heterocycles. The average molecular weight is 358 g/mol. The molecule has 26 heavy (non-hydrogen) atoms. The van der Waals surface area contributed by atoms with Gasteiger partial charge < -0.3 is 14.6 Å². The molecule has 0 radical (unpaired) electrons. The van der Waals surface area contributed by atoms with Gasteiger partial charge in [0.15, 0.2) is 0 Å². The van der Waals surface area contributed by atoms with E-state index in [9.17, 15) is 14.7 Å². The van der Waals surface area contributed by atoms with Gasteiger partial charge in [0.1, 0.15) is 5.54 Å². The van der Waals surface area contributed by atoms with E-state index in [0.29, 0.717) is 32.5 Å². The number of aliphatic carboxylic acids is 1. The van der Waals surface area contributed by atoms with Crippen LogP contribution in [0.15, 0.2) is 30.6 Å². The monoisotopic (exact) mass is 358 g/mol. The lowest BCUT2D eigenvalue weighted by molar-refractivity contribution is -0.152. The lowest BCUT2D eigenvalue weighted by Crippen LogP contribution is -2.53. The maximum absolute atomic E-state index is 12.5. The van der Waals surface area contributed by atoms with Gasteiger partial charge >= 0.3 is 5.97 Å². The first-order valence-corrected chi connectivity index (χ1v) is 9.18. The second-order valence-electron chi connectivity index (χ2n) is 6.78. The van der Waals surface area contributed by atoms with Crippen LogP contribution in [0.3, 0.4) is 0 Å². The lowest BCUT2D eigenvalue weighted by Gasteiger charge is -2.40. The summed E-state index contributed by atoms with van der Waals surface area (Å²) in [6, 6.07) is 7.55. The second kappa shape index (κ2) is 7.45. The summed E-state index contributed by atoms with van der Waals surface area (Å²) in [6.07, 6.45) is 2.38. The number of rotatable bonds is 6. The van der Waals surface area contributed by atoms with E-state index in [0.717, 1.165) is 24.1 Å². The Morgan fingerprint density at radius 3 is 2.46 bits per heavy atom. The van der Waals surface area contributed by atoms with Gasteiger partial charge in [-0.15, -0.1) is 0 Å². The van der Waals surface area contributed by atoms with Gasteiger partial charge in [0.05, 0.1) is 23.9 Å². The standard InChI is InChI=1S/C19H26N4O3/c1-3-21(4-2)13-17(24)22-11-9-19(10-12-22,18(25)26)23-14-20-15-7-5-6-8-16(15)23/h5-8,14H,3-4,9-13H2,1-2H3,(H,25,26). The Kier molecular flexibility index (Phi) is 5.27. The first-order chi connectivity index (χ1) is 12.5. The van der Waals surface area contributed by atoms with Crippen LogP contribution in [-0.4, -0.2) is 69.1 Å². The Bertz CT molecular complexity index is 789. The highest BCUT2D eigenvalue weighted by atomic mass is 16.4. The molecule has 1 N–H and O–H groups in total. The molecule has 1 aliphatic rings. The number of imidazole rings is 1. The summed E-state index contributed by atoms with van der Waals surface area (Å²) in [6.45, 7) is 7.00. The Hall–Kier alpha value is -2.41. The van der Waals surface area contributed by atoms with E-state index in [2.05, 4.69) is 9.88 Å². The van der Waals surface area contributed by atoms with Crippen LogP contribution in [0.1, 0.15) is 26.7 Å². The van der Waals surface area contributed by atoms with Crippen LogP contribution >= 0.6 is 0 Å². The van der Waals surface area contributed by atoms with Crippen molar-refractivity contribution in [2.24, 2.45) is 0 Å². The van der Waals surface area contributed by atoms with Crippen LogP contribution in [-0.2, 0) is 15.1 Å². The van der Waals surface area contributed by atoms with Gasteiger partial charge in [0.25, 0.3) is 0 Å². The molecule has 0 bridgehead atoms. The van der Waals surface area contributed by atoms with Gasteiger partial charge in [-0.25, -0.2) is 9.78 Å². The summed E-state index contributed by atoms with van der Waals surface area (Å²) in [5.74, 6) is -0.792. The van der Waals surface area contributed by atoms with Crippen LogP contribution in [0.4, 0.5) is 0 Å². The van der Waals surface area contributed by atoms with E-state index in [4.69, 9.17) is 0 Å². The smallest absolute Gasteiger partial charge is 0.330 e. The highest BCUT2D eigenvalue weighted by molar-refractivity contribution is 5.83. The minimum Gasteiger partial charge on any atom is -0.479 e. The maximum Gasteiger partial charge on any atom is 0.330 e. The highest BCUT2D eigenvalue weighted by Crippen LogP contribution is 2.33. The van der Waals surface area contributed by atoms with Crippen molar-refractivity contribution >= 4 is 22.9 Å². The fourth-order valence-electron chi connectivity index (χ4n) is 3.72. The number of benzene rings is 1. The number of likely N-dealkylation sites (N-methyl/N-ethyl adjacent to an activating group) is 1. The van der Waals surface area contributed by atoms with Crippen molar-refractivity contribution in [1.82, 2.24) is 19.4 Å². The van der Waals surface area contributed by atoms with Crippen LogP contribution in [0.2, 0.25) is 0 Å². The van der Waals surface area contributed by atoms with Gasteiger partial charge in [0.2, 0.25) is 5.91 Å². The second-order valence-corrected chi connectivity index (χ2v) is 6.78. The van der Waals surface area contributed by atoms with Crippen molar-refractivity contribution in [2.75, 3.05) is 32.7 Å². The Morgan fingerprint density at radius 2 is 1.85 bits per heavy atom. The predicted octanol–water partition coefficient (Wildman–Crippen LogP) is 1.78. The van der Waals surface area contributed by atoms with E-state index >= 15 is 0 Å². The molecule has 0 aliphatic carbocycles. The minimum absolute atomic E-state index is 0.0724. The highest BCUT2D eigenvalue weighted by Gasteiger charge is 2.44. The SMILES string of the molecule is CCN(CC)CC(=O)N1CCC(C(=O)O)(n2cnc3ccccc32)CC1. The summed E-state index contributed by atoms with van der Waals surface area (Å²) >= 11 is 0. The van der Waals surface area contributed by atoms with Crippen molar-refractivity contribution in [1.29, 1.82) is 0 Å². The molecule has 1 aliphatic heterocycles. The number of fused-ring (bicyclic) bond motifs is 1. The Labute approximate surface area is 153 Å². The van der Waals surface area contributed by atoms with Crippen molar-refractivity contribution in [3.8, 4) is 0 Å². The molecule has 1 aromatic heterocycles. The molecule has 3 rings (SSSR count). The summed E-state index contributed by atoms with van der Waals surface area (Å²) < 4.78 is 1.77. The summed E-state index contributed by atoms with van der Waals surface area (Å²) in [4.78, 5) is 32.9. The number of carboxylic acid groups (broad SMARTS) is 1. The molecule has 7 nitrogen and oxygen atoms in total. The van der Waals surface area contributed by atoms with Gasteiger partial charge in [-0.2, -0.15) is 0 Å². The van der Waals surface area contributed by atoms with Gasteiger partial charge in [-0.1, -0.05) is 26.0 Å². The quantitative estimate of drug-likeness (QED) is 0.852. The lowest BCUT2D eigenvalue weighted by atomic mass is 9.86. The number of amides is 1. The minimum atomic E-state index is -1.05. The third-order valence-electron chi connectivity index (χ3n) is 5.51. The van der Waals surface area contributed by atoms with Gasteiger partial charge in [-0.05, 0) is 38.1 Å². The molecule has 1 fully saturated rings. The van der Waals surface area contributed by atoms with Crippen LogP contribution < -0.4 is 0 Å². The summed E-state index contributed by atoms with van der Waals surface area (Å²) in [5, 5.41) is 10.0. The first-order valence-electron chi connectivity index (χ1n) is 9.18. The fourth-order valence-corrected chi connectivity index (χ4v) is 3.72. The average Bonchev–Trinajstić information content (AvgIpc) is 3.10. The zero-order valence-electron chi connectivity index (χ0n) is 15.4. The Balaban J connectivity index is 1.80. The molecule has 0 saturated carbocycles. The third kappa shape index (κ3) is 3.19. The van der Waals surface area contributed by atoms with E-state index in [1.807, 2.05) is 38.1 Å². The molecule has 1 amide bonds. The molecule has 140 valence electrons. The normalized spacial score (nSPS) is 17.0. The van der Waals surface area contributed by atoms with Crippen molar-refractivity contribution in [2.45, 2.75) is 32.2 Å². The number of hydrogen-bond donors (Lipinski definition) is 1. The van der Waals surface area contributed by atoms with E-state index in [-0.39, 0.29) is 5.91 Å². The molecule has 2 aromatic rings. The molecule has 0 unspecified atom stereocenters. The Morgan fingerprint density at radius 1 is 1.19 bits per heavy atom. The number of hydrogen-bond acceptors (Lipinski definition) is 4. The molecular formula is C19H26N4O3. The molecule has 1 saturated heterocycles. The largest absolute Gasteiger partial charge is 0.479 e. The van der Waals surface area contributed by atoms with Crippen LogP contribution in [0.25, 0.3) is 11.0 Å². The molecule has 1 aromatic carbocycles. The topological polar surface area (TPSA) is 78.7 Å². The first kappa shape index (κ1) is 18.4. The number of carbonyl (C=O) groups excluding carboxylic acids is 1. The predicted molar refractivity (Wildman–Crippen MR) is 98.9 cm³/mol. The van der Waals surface area contributed by atoms with E-state index < -0.39 is 11.5 Å². The number of carboxylic acids is 1. The number of piperidine rings is 1. The number of para-hydroxylation sites is 2. The fraction of sp³-hybridized carbons (Fsp3) is 0.526. The summed E-state index contributed by atoms with van der Waals surface area (Å²) in [5.41, 5.74) is 0.549. The maximum atomic E-state index is 12.5. The molecular weight excluding hydrogens is 332 g/mol. The zero-order valence-corrected chi connectivity index (χ0v) is 15.4. The van der Waals surface area contributed by atoms with Crippen molar-refractivity contribution in [3.63, 3.8) is 0 Å². The molecule has 0 atom stereocenters. The third-order valence-corrected chi connectivity index (χ3v) is 5.51.